The first-order valence-electron chi connectivity index (χ1n) is 17.7. The molecule has 19 heteroatoms. The van der Waals surface area contributed by atoms with Crippen molar-refractivity contribution in [1.82, 2.24) is 38.7 Å². The number of amides is 4. The fourth-order valence-corrected chi connectivity index (χ4v) is 6.37. The number of aryl methyl sites for hydroxylation is 4. The number of H-pyrrole nitrogens is 2. The Hall–Kier alpha value is -7.02. The van der Waals surface area contributed by atoms with Crippen molar-refractivity contribution in [3.8, 4) is 11.5 Å². The highest BCUT2D eigenvalue weighted by Gasteiger charge is 2.20. The van der Waals surface area contributed by atoms with E-state index < -0.39 is 23.6 Å². The number of aromatic amines is 2. The molecular formula is C37H42N12O7. The molecule has 0 fully saturated rings. The molecule has 0 unspecified atom stereocenters. The molecule has 56 heavy (non-hydrogen) atoms. The average Bonchev–Trinajstić information content (AvgIpc) is 3.93. The Morgan fingerprint density at radius 1 is 0.750 bits per heavy atom. The quantitative estimate of drug-likeness (QED) is 0.101. The number of imidazole rings is 2. The van der Waals surface area contributed by atoms with Gasteiger partial charge in [-0.05, 0) is 64.1 Å². The van der Waals surface area contributed by atoms with E-state index >= 15 is 0 Å². The highest BCUT2D eigenvalue weighted by atomic mass is 16.5. The molecule has 4 amide bonds. The lowest BCUT2D eigenvalue weighted by atomic mass is 10.1. The van der Waals surface area contributed by atoms with E-state index in [2.05, 4.69) is 30.2 Å². The fraction of sp³-hybridized carbons (Fsp3) is 0.297. The van der Waals surface area contributed by atoms with Gasteiger partial charge in [0.15, 0.2) is 0 Å². The van der Waals surface area contributed by atoms with Crippen LogP contribution < -0.4 is 32.2 Å². The summed E-state index contributed by atoms with van der Waals surface area (Å²) in [4.78, 5) is 66.6. The number of methoxy groups -OCH3 is 1. The lowest BCUT2D eigenvalue weighted by Crippen LogP contribution is -2.22. The Labute approximate surface area is 318 Å². The molecule has 4 heterocycles. The van der Waals surface area contributed by atoms with Gasteiger partial charge in [-0.25, -0.2) is 0 Å². The van der Waals surface area contributed by atoms with Crippen molar-refractivity contribution in [2.75, 3.05) is 20.3 Å². The van der Waals surface area contributed by atoms with Crippen molar-refractivity contribution in [2.45, 2.75) is 53.9 Å². The first-order valence-corrected chi connectivity index (χ1v) is 17.7. The van der Waals surface area contributed by atoms with E-state index in [9.17, 15) is 24.3 Å². The van der Waals surface area contributed by atoms with Gasteiger partial charge in [0, 0.05) is 37.3 Å². The van der Waals surface area contributed by atoms with Crippen LogP contribution in [-0.2, 0) is 26.2 Å². The zero-order valence-corrected chi connectivity index (χ0v) is 31.5. The van der Waals surface area contributed by atoms with Gasteiger partial charge in [-0.2, -0.15) is 20.2 Å². The first kappa shape index (κ1) is 38.7. The van der Waals surface area contributed by atoms with Crippen molar-refractivity contribution in [3.05, 3.63) is 93.7 Å². The van der Waals surface area contributed by atoms with Crippen LogP contribution in [0.15, 0.2) is 58.5 Å². The number of benzene rings is 2. The zero-order valence-electron chi connectivity index (χ0n) is 31.5. The van der Waals surface area contributed by atoms with Crippen LogP contribution in [-0.4, -0.2) is 87.7 Å². The van der Waals surface area contributed by atoms with Crippen molar-refractivity contribution in [3.63, 3.8) is 0 Å². The van der Waals surface area contributed by atoms with E-state index in [1.54, 1.807) is 62.7 Å². The number of carbonyl (C=O) groups excluding carboxylic acids is 4. The molecule has 4 aromatic heterocycles. The average molecular weight is 767 g/mol. The smallest absolute Gasteiger partial charge is 0.298 e. The maximum atomic E-state index is 13.6. The lowest BCUT2D eigenvalue weighted by Gasteiger charge is -2.10. The maximum absolute atomic E-state index is 13.6. The van der Waals surface area contributed by atoms with Crippen LogP contribution in [0.4, 0.5) is 0 Å². The Morgan fingerprint density at radius 2 is 1.20 bits per heavy atom. The van der Waals surface area contributed by atoms with Gasteiger partial charge < -0.3 is 45.1 Å². The molecule has 0 atom stereocenters. The van der Waals surface area contributed by atoms with E-state index in [-0.39, 0.29) is 60.1 Å². The molecule has 7 N–H and O–H groups in total. The molecule has 2 aromatic carbocycles. The minimum Gasteiger partial charge on any atom is -0.494 e. The predicted molar refractivity (Wildman–Crippen MR) is 203 cm³/mol. The number of primary amides is 2. The standard InChI is InChI=1S/C37H42N12O7/c1-6-48-26(14-20(3)44-48)34(53)42-36-40-24-16-22(32(38)51)18-28(55-5)30(24)46(36)10-8-9-11-47-31-25(17-23(33(39)52)19-29(31)56-13-12-50)41-37(47)43-35(54)27-15-21(4)45-49(27)7-2/h8-9,14-19,50H,6-7,10-13H2,1-5H3,(H2,38,51)(H2,39,52)(H,40,42,53)(H,41,43,54)/b9-8+. The summed E-state index contributed by atoms with van der Waals surface area (Å²) in [6.07, 6.45) is 3.60. The second kappa shape index (κ2) is 16.1. The fourth-order valence-electron chi connectivity index (χ4n) is 6.37. The summed E-state index contributed by atoms with van der Waals surface area (Å²) in [7, 11) is 1.45. The van der Waals surface area contributed by atoms with Crippen LogP contribution in [0.5, 0.6) is 11.5 Å². The minimum atomic E-state index is -0.707. The number of nitrogens with two attached hydrogens (primary N) is 2. The van der Waals surface area contributed by atoms with Crippen LogP contribution in [0.25, 0.3) is 22.1 Å². The number of aliphatic hydroxyl groups excluding tert-OH is 1. The number of hydrogen-bond acceptors (Lipinski definition) is 9. The molecule has 0 bridgehead atoms. The van der Waals surface area contributed by atoms with Gasteiger partial charge in [0.2, 0.25) is 23.1 Å². The van der Waals surface area contributed by atoms with Crippen LogP contribution in [0, 0.1) is 13.8 Å². The van der Waals surface area contributed by atoms with E-state index in [0.29, 0.717) is 58.0 Å². The number of nitrogens with zero attached hydrogens (tertiary/aromatic N) is 8. The Bertz CT molecular complexity index is 2680. The molecule has 0 aliphatic heterocycles. The highest BCUT2D eigenvalue weighted by Crippen LogP contribution is 2.28. The van der Waals surface area contributed by atoms with Crippen molar-refractivity contribution in [1.29, 1.82) is 0 Å². The summed E-state index contributed by atoms with van der Waals surface area (Å²) >= 11 is 0. The molecule has 19 nitrogen and oxygen atoms in total. The molecule has 0 spiro atoms. The van der Waals surface area contributed by atoms with Gasteiger partial charge in [-0.1, -0.05) is 12.2 Å². The van der Waals surface area contributed by atoms with E-state index in [1.165, 1.54) is 25.3 Å². The number of fused-ring (bicyclic) bond motifs is 2. The molecule has 0 aliphatic rings. The number of ether oxygens (including phenoxy) is 2. The van der Waals surface area contributed by atoms with Crippen LogP contribution >= 0.6 is 0 Å². The molecule has 6 aromatic rings. The van der Waals surface area contributed by atoms with Crippen LogP contribution in [0.1, 0.15) is 66.9 Å². The molecule has 6 rings (SSSR count). The Kier molecular flexibility index (Phi) is 11.2. The summed E-state index contributed by atoms with van der Waals surface area (Å²) in [6.45, 7) is 8.08. The van der Waals surface area contributed by atoms with Gasteiger partial charge in [-0.15, -0.1) is 0 Å². The number of allylic oxidation sites excluding steroid dienone is 2. The van der Waals surface area contributed by atoms with Gasteiger partial charge in [-0.3, -0.25) is 28.5 Å². The Morgan fingerprint density at radius 3 is 1.61 bits per heavy atom. The molecule has 0 radical (unpaired) electrons. The minimum absolute atomic E-state index is 0.0845. The van der Waals surface area contributed by atoms with Crippen LogP contribution in [0.2, 0.25) is 0 Å². The molecule has 0 aliphatic carbocycles. The Balaban J connectivity index is 1.47. The number of hydrogen-bond donors (Lipinski definition) is 5. The highest BCUT2D eigenvalue weighted by molar-refractivity contribution is 5.99. The van der Waals surface area contributed by atoms with E-state index in [4.69, 9.17) is 20.9 Å². The zero-order chi connectivity index (χ0) is 40.3. The second-order valence-electron chi connectivity index (χ2n) is 12.6. The normalized spacial score (nSPS) is 12.4. The van der Waals surface area contributed by atoms with Crippen molar-refractivity contribution < 1.29 is 33.8 Å². The van der Waals surface area contributed by atoms with Crippen LogP contribution in [0.3, 0.4) is 0 Å². The number of aliphatic hydroxyl groups is 1. The molecule has 0 saturated heterocycles. The predicted octanol–water partition coefficient (Wildman–Crippen LogP) is 1.62. The number of rotatable bonds is 14. The third kappa shape index (κ3) is 7.65. The lowest BCUT2D eigenvalue weighted by molar-refractivity contribution is 0.0978. The number of nitrogens with one attached hydrogen (secondary N) is 2. The summed E-state index contributed by atoms with van der Waals surface area (Å²) in [6, 6.07) is 9.35. The topological polar surface area (TPSA) is 261 Å². The molecule has 292 valence electrons. The second-order valence-corrected chi connectivity index (χ2v) is 12.6. The maximum Gasteiger partial charge on any atom is 0.298 e. The summed E-state index contributed by atoms with van der Waals surface area (Å²) in [5.41, 5.74) is 15.6. The number of aromatic nitrogens is 8. The number of carbonyl (C=O) groups is 4. The summed E-state index contributed by atoms with van der Waals surface area (Å²) in [5, 5.41) is 18.3. The summed E-state index contributed by atoms with van der Waals surface area (Å²) < 4.78 is 18.0. The largest absolute Gasteiger partial charge is 0.494 e. The first-order chi connectivity index (χ1) is 26.9. The van der Waals surface area contributed by atoms with Gasteiger partial charge in [0.1, 0.15) is 40.5 Å². The van der Waals surface area contributed by atoms with E-state index in [1.807, 2.05) is 13.8 Å². The van der Waals surface area contributed by atoms with Crippen molar-refractivity contribution >= 4 is 45.7 Å². The summed E-state index contributed by atoms with van der Waals surface area (Å²) in [5.74, 6) is -1.94. The van der Waals surface area contributed by atoms with Gasteiger partial charge in [0.25, 0.3) is 11.8 Å². The monoisotopic (exact) mass is 766 g/mol. The third-order valence-corrected chi connectivity index (χ3v) is 8.83. The molecule has 0 saturated carbocycles. The third-order valence-electron chi connectivity index (χ3n) is 8.83. The van der Waals surface area contributed by atoms with E-state index in [0.717, 1.165) is 0 Å². The molecular weight excluding hydrogens is 724 g/mol. The SMILES string of the molecule is CCn1nc(C)cc1C(=O)/N=c1/[nH]c2cc(C(N)=O)cc(OC)c2n1C/C=C/Cn1/c(=N/C(=O)c2cc(C)nn2CC)[nH]c2cc(C(N)=O)cc(OCCO)c21. The van der Waals surface area contributed by atoms with Gasteiger partial charge in [0.05, 0.1) is 36.1 Å². The van der Waals surface area contributed by atoms with Gasteiger partial charge >= 0.3 is 0 Å². The van der Waals surface area contributed by atoms with Crippen molar-refractivity contribution in [2.24, 2.45) is 21.5 Å².